The Morgan fingerprint density at radius 1 is 1.19 bits per heavy atom. The summed E-state index contributed by atoms with van der Waals surface area (Å²) in [6, 6.07) is 7.48. The molecule has 1 aliphatic heterocycles. The number of nitrogens with one attached hydrogen (secondary N) is 2. The fraction of sp³-hybridized carbons (Fsp3) is 0.630. The zero-order valence-corrected chi connectivity index (χ0v) is 22.1. The number of aromatic nitrogens is 2. The second-order valence-corrected chi connectivity index (χ2v) is 11.0. The highest BCUT2D eigenvalue weighted by atomic mass is 32.2. The topological polar surface area (TPSA) is 102 Å². The summed E-state index contributed by atoms with van der Waals surface area (Å²) >= 11 is 1.31. The Balaban J connectivity index is 1.40. The van der Waals surface area contributed by atoms with E-state index >= 15 is 0 Å². The van der Waals surface area contributed by atoms with Crippen molar-refractivity contribution in [3.8, 4) is 0 Å². The fourth-order valence-electron chi connectivity index (χ4n) is 5.00. The quantitative estimate of drug-likeness (QED) is 0.372. The molecule has 1 saturated heterocycles. The van der Waals surface area contributed by atoms with Gasteiger partial charge in [0, 0.05) is 31.7 Å². The van der Waals surface area contributed by atoms with Crippen LogP contribution >= 0.6 is 11.8 Å². The number of carbonyl (C=O) groups excluding carboxylic acids is 2. The lowest BCUT2D eigenvalue weighted by atomic mass is 9.81. The molecule has 1 saturated carbocycles. The molecule has 0 spiro atoms. The second-order valence-electron chi connectivity index (χ2n) is 10.1. The van der Waals surface area contributed by atoms with E-state index in [2.05, 4.69) is 10.6 Å². The Morgan fingerprint density at radius 3 is 2.69 bits per heavy atom. The molecule has 2 aromatic rings. The van der Waals surface area contributed by atoms with Gasteiger partial charge in [-0.3, -0.25) is 19.0 Å². The number of thioether (sulfide) groups is 1. The summed E-state index contributed by atoms with van der Waals surface area (Å²) in [5.41, 5.74) is 0.581. The van der Waals surface area contributed by atoms with Gasteiger partial charge in [-0.15, -0.1) is 0 Å². The Hall–Kier alpha value is -2.39. The maximum atomic E-state index is 13.4. The van der Waals surface area contributed by atoms with Gasteiger partial charge in [-0.05, 0) is 69.9 Å². The maximum absolute atomic E-state index is 13.4. The molecule has 2 amide bonds. The first kappa shape index (κ1) is 26.7. The van der Waals surface area contributed by atoms with Crippen LogP contribution in [0.15, 0.2) is 34.2 Å². The number of hydrogen-bond donors (Lipinski definition) is 2. The predicted octanol–water partition coefficient (Wildman–Crippen LogP) is 3.50. The summed E-state index contributed by atoms with van der Waals surface area (Å²) in [6.45, 7) is 5.95. The van der Waals surface area contributed by atoms with E-state index in [1.165, 1.54) is 11.8 Å². The van der Waals surface area contributed by atoms with E-state index < -0.39 is 0 Å². The van der Waals surface area contributed by atoms with Crippen LogP contribution in [0.25, 0.3) is 10.9 Å². The van der Waals surface area contributed by atoms with Crippen LogP contribution in [0, 0.1) is 11.8 Å². The zero-order valence-electron chi connectivity index (χ0n) is 21.3. The molecule has 4 rings (SSSR count). The van der Waals surface area contributed by atoms with Crippen LogP contribution in [0.3, 0.4) is 0 Å². The molecule has 2 heterocycles. The molecule has 0 radical (unpaired) electrons. The third-order valence-electron chi connectivity index (χ3n) is 7.37. The molecule has 0 bridgehead atoms. The van der Waals surface area contributed by atoms with Gasteiger partial charge in [-0.2, -0.15) is 0 Å². The van der Waals surface area contributed by atoms with Crippen molar-refractivity contribution >= 4 is 34.5 Å². The van der Waals surface area contributed by atoms with Crippen molar-refractivity contribution in [2.45, 2.75) is 82.6 Å². The number of amides is 2. The summed E-state index contributed by atoms with van der Waals surface area (Å²) < 4.78 is 7.35. The SMILES string of the molecule is CCC(C)NC(=O)CSc1nc2ccccc2c(=O)n1CC1CCC(C(=O)NCC2CCCO2)CC1. The van der Waals surface area contributed by atoms with Crippen molar-refractivity contribution in [2.75, 3.05) is 18.9 Å². The van der Waals surface area contributed by atoms with E-state index in [1.54, 1.807) is 10.6 Å². The zero-order chi connectivity index (χ0) is 25.5. The number of carbonyl (C=O) groups is 2. The molecule has 8 nitrogen and oxygen atoms in total. The van der Waals surface area contributed by atoms with Crippen molar-refractivity contribution in [2.24, 2.45) is 11.8 Å². The second kappa shape index (κ2) is 12.7. The number of ether oxygens (including phenoxy) is 1. The number of nitrogens with zero attached hydrogens (tertiary/aromatic N) is 2. The molecular weight excluding hydrogens is 476 g/mol. The third-order valence-corrected chi connectivity index (χ3v) is 8.34. The number of benzene rings is 1. The highest BCUT2D eigenvalue weighted by Gasteiger charge is 2.28. The lowest BCUT2D eigenvalue weighted by Crippen LogP contribution is -2.38. The highest BCUT2D eigenvalue weighted by Crippen LogP contribution is 2.31. The number of rotatable bonds is 10. The van der Waals surface area contributed by atoms with E-state index in [-0.39, 0.29) is 41.2 Å². The molecule has 2 unspecified atom stereocenters. The Kier molecular flexibility index (Phi) is 9.42. The van der Waals surface area contributed by atoms with E-state index in [0.29, 0.717) is 35.1 Å². The Morgan fingerprint density at radius 2 is 1.97 bits per heavy atom. The van der Waals surface area contributed by atoms with Gasteiger partial charge in [0.1, 0.15) is 0 Å². The van der Waals surface area contributed by atoms with Crippen LogP contribution in [0.1, 0.15) is 58.8 Å². The van der Waals surface area contributed by atoms with Crippen LogP contribution < -0.4 is 16.2 Å². The molecule has 1 aromatic carbocycles. The average Bonchev–Trinajstić information content (AvgIpc) is 3.42. The smallest absolute Gasteiger partial charge is 0.262 e. The first-order valence-electron chi connectivity index (χ1n) is 13.3. The summed E-state index contributed by atoms with van der Waals surface area (Å²) in [4.78, 5) is 43.2. The summed E-state index contributed by atoms with van der Waals surface area (Å²) in [6.07, 6.45) is 6.50. The van der Waals surface area contributed by atoms with Gasteiger partial charge in [-0.25, -0.2) is 4.98 Å². The minimum absolute atomic E-state index is 0.0206. The maximum Gasteiger partial charge on any atom is 0.262 e. The van der Waals surface area contributed by atoms with Crippen molar-refractivity contribution in [1.29, 1.82) is 0 Å². The predicted molar refractivity (Wildman–Crippen MR) is 142 cm³/mol. The van der Waals surface area contributed by atoms with Gasteiger partial charge in [0.15, 0.2) is 5.16 Å². The largest absolute Gasteiger partial charge is 0.376 e. The molecule has 1 aromatic heterocycles. The number of hydrogen-bond acceptors (Lipinski definition) is 6. The first-order chi connectivity index (χ1) is 17.4. The van der Waals surface area contributed by atoms with Gasteiger partial charge in [0.25, 0.3) is 5.56 Å². The number of para-hydroxylation sites is 1. The van der Waals surface area contributed by atoms with Crippen LogP contribution in [-0.4, -0.2) is 52.4 Å². The summed E-state index contributed by atoms with van der Waals surface area (Å²) in [5, 5.41) is 7.22. The average molecular weight is 515 g/mol. The van der Waals surface area contributed by atoms with E-state index in [9.17, 15) is 14.4 Å². The molecule has 2 atom stereocenters. The van der Waals surface area contributed by atoms with Crippen molar-refractivity contribution in [3.05, 3.63) is 34.6 Å². The molecule has 9 heteroatoms. The Bertz CT molecular complexity index is 1110. The first-order valence-corrected chi connectivity index (χ1v) is 14.2. The minimum Gasteiger partial charge on any atom is -0.376 e. The van der Waals surface area contributed by atoms with Crippen LogP contribution in [0.4, 0.5) is 0 Å². The molecule has 36 heavy (non-hydrogen) atoms. The van der Waals surface area contributed by atoms with Crippen molar-refractivity contribution in [1.82, 2.24) is 20.2 Å². The van der Waals surface area contributed by atoms with Crippen LogP contribution in [-0.2, 0) is 20.9 Å². The van der Waals surface area contributed by atoms with Gasteiger partial charge < -0.3 is 15.4 Å². The molecule has 2 aliphatic rings. The monoisotopic (exact) mass is 514 g/mol. The molecule has 1 aliphatic carbocycles. The molecule has 2 N–H and O–H groups in total. The fourth-order valence-corrected chi connectivity index (χ4v) is 5.82. The van der Waals surface area contributed by atoms with Crippen LogP contribution in [0.2, 0.25) is 0 Å². The van der Waals surface area contributed by atoms with Crippen molar-refractivity contribution < 1.29 is 14.3 Å². The van der Waals surface area contributed by atoms with Crippen LogP contribution in [0.5, 0.6) is 0 Å². The summed E-state index contributed by atoms with van der Waals surface area (Å²) in [7, 11) is 0. The van der Waals surface area contributed by atoms with Gasteiger partial charge >= 0.3 is 0 Å². The molecule has 2 fully saturated rings. The van der Waals surface area contributed by atoms with Gasteiger partial charge in [0.05, 0.1) is 22.8 Å². The highest BCUT2D eigenvalue weighted by molar-refractivity contribution is 7.99. The molecular formula is C27H38N4O4S. The van der Waals surface area contributed by atoms with Gasteiger partial charge in [-0.1, -0.05) is 30.8 Å². The lowest BCUT2D eigenvalue weighted by molar-refractivity contribution is -0.126. The van der Waals surface area contributed by atoms with E-state index in [0.717, 1.165) is 51.6 Å². The lowest BCUT2D eigenvalue weighted by Gasteiger charge is -2.29. The molecule has 196 valence electrons. The van der Waals surface area contributed by atoms with E-state index in [4.69, 9.17) is 9.72 Å². The summed E-state index contributed by atoms with van der Waals surface area (Å²) in [5.74, 6) is 0.593. The minimum atomic E-state index is -0.0677. The van der Waals surface area contributed by atoms with Crippen molar-refractivity contribution in [3.63, 3.8) is 0 Å². The standard InChI is InChI=1S/C27H38N4O4S/c1-3-18(2)29-24(32)17-36-27-30-23-9-5-4-8-22(23)26(34)31(27)16-19-10-12-20(13-11-19)25(33)28-15-21-7-6-14-35-21/h4-5,8-9,18-21H,3,6-7,10-17H2,1-2H3,(H,28,33)(H,29,32). The van der Waals surface area contributed by atoms with Gasteiger partial charge in [0.2, 0.25) is 11.8 Å². The third kappa shape index (κ3) is 6.88. The van der Waals surface area contributed by atoms with E-state index in [1.807, 2.05) is 32.0 Å². The number of fused-ring (bicyclic) bond motifs is 1. The normalized spacial score (nSPS) is 22.9. The Labute approximate surface area is 217 Å².